The summed E-state index contributed by atoms with van der Waals surface area (Å²) in [6.45, 7) is 3.35. The molecule has 0 saturated carbocycles. The third-order valence-electron chi connectivity index (χ3n) is 1.92. The van der Waals surface area contributed by atoms with Gasteiger partial charge in [0, 0.05) is 13.1 Å². The van der Waals surface area contributed by atoms with E-state index in [1.807, 2.05) is 30.9 Å². The number of nitrogens with zero attached hydrogens (tertiary/aromatic N) is 2. The Bertz CT molecular complexity index is 148. The minimum absolute atomic E-state index is 0.398. The first-order valence-corrected chi connectivity index (χ1v) is 4.03. The summed E-state index contributed by atoms with van der Waals surface area (Å²) < 4.78 is 0. The molecule has 0 aliphatic heterocycles. The second-order valence-electron chi connectivity index (χ2n) is 3.30. The average Bonchev–Trinajstić information content (AvgIpc) is 1.98. The van der Waals surface area contributed by atoms with Gasteiger partial charge in [0.2, 0.25) is 0 Å². The van der Waals surface area contributed by atoms with E-state index in [9.17, 15) is 4.79 Å². The van der Waals surface area contributed by atoms with Crippen LogP contribution in [0, 0.1) is 0 Å². The Morgan fingerprint density at radius 1 is 1.33 bits per heavy atom. The molecule has 4 nitrogen and oxygen atoms in total. The van der Waals surface area contributed by atoms with Gasteiger partial charge < -0.3 is 10.0 Å². The van der Waals surface area contributed by atoms with Crippen molar-refractivity contribution in [2.24, 2.45) is 0 Å². The van der Waals surface area contributed by atoms with Crippen LogP contribution in [0.5, 0.6) is 0 Å². The summed E-state index contributed by atoms with van der Waals surface area (Å²) in [4.78, 5) is 14.4. The third kappa shape index (κ3) is 4.31. The molecule has 0 aliphatic carbocycles. The number of hydrogen-bond acceptors (Lipinski definition) is 3. The standard InChI is InChI=1S/C8H18N2O2/c1-7(8(11)12)10(4)6-5-9(2)3/h7H,5-6H2,1-4H3,(H,11,12). The fourth-order valence-corrected chi connectivity index (χ4v) is 0.740. The largest absolute Gasteiger partial charge is 0.480 e. The van der Waals surface area contributed by atoms with Crippen molar-refractivity contribution in [3.8, 4) is 0 Å². The van der Waals surface area contributed by atoms with Crippen molar-refractivity contribution in [2.75, 3.05) is 34.2 Å². The quantitative estimate of drug-likeness (QED) is 0.635. The maximum Gasteiger partial charge on any atom is 0.320 e. The second kappa shape index (κ2) is 5.11. The summed E-state index contributed by atoms with van der Waals surface area (Å²) in [5.41, 5.74) is 0. The van der Waals surface area contributed by atoms with Crippen LogP contribution < -0.4 is 0 Å². The number of carboxylic acid groups (broad SMARTS) is 1. The highest BCUT2D eigenvalue weighted by molar-refractivity contribution is 5.72. The molecule has 0 fully saturated rings. The lowest BCUT2D eigenvalue weighted by molar-refractivity contribution is -0.142. The van der Waals surface area contributed by atoms with E-state index >= 15 is 0 Å². The molecule has 0 aromatic heterocycles. The molecular formula is C8H18N2O2. The van der Waals surface area contributed by atoms with Gasteiger partial charge in [0.15, 0.2) is 0 Å². The van der Waals surface area contributed by atoms with E-state index in [4.69, 9.17) is 5.11 Å². The van der Waals surface area contributed by atoms with Crippen LogP contribution in [0.4, 0.5) is 0 Å². The molecule has 0 rings (SSSR count). The van der Waals surface area contributed by atoms with Crippen LogP contribution in [0.1, 0.15) is 6.92 Å². The van der Waals surface area contributed by atoms with Gasteiger partial charge in [0.1, 0.15) is 6.04 Å². The Labute approximate surface area is 73.8 Å². The van der Waals surface area contributed by atoms with E-state index in [0.717, 1.165) is 13.1 Å². The van der Waals surface area contributed by atoms with Crippen LogP contribution in [0.15, 0.2) is 0 Å². The van der Waals surface area contributed by atoms with Gasteiger partial charge in [-0.05, 0) is 28.1 Å². The normalized spacial score (nSPS) is 13.8. The predicted molar refractivity (Wildman–Crippen MR) is 48.3 cm³/mol. The highest BCUT2D eigenvalue weighted by atomic mass is 16.4. The first-order chi connectivity index (χ1) is 5.45. The van der Waals surface area contributed by atoms with Crippen molar-refractivity contribution < 1.29 is 9.90 Å². The number of likely N-dealkylation sites (N-methyl/N-ethyl adjacent to an activating group) is 2. The fraction of sp³-hybridized carbons (Fsp3) is 0.875. The summed E-state index contributed by atoms with van der Waals surface area (Å²) in [5, 5.41) is 8.66. The molecule has 0 spiro atoms. The van der Waals surface area contributed by atoms with Crippen LogP contribution in [0.3, 0.4) is 0 Å². The fourth-order valence-electron chi connectivity index (χ4n) is 0.740. The predicted octanol–water partition coefficient (Wildman–Crippen LogP) is -0.0471. The molecule has 4 heteroatoms. The minimum Gasteiger partial charge on any atom is -0.480 e. The molecule has 0 radical (unpaired) electrons. The molecule has 1 atom stereocenters. The Kier molecular flexibility index (Phi) is 4.85. The summed E-state index contributed by atoms with van der Waals surface area (Å²) in [7, 11) is 5.76. The van der Waals surface area contributed by atoms with Crippen LogP contribution >= 0.6 is 0 Å². The SMILES string of the molecule is CC(C(=O)O)N(C)CCN(C)C. The summed E-state index contributed by atoms with van der Waals surface area (Å²) in [6.07, 6.45) is 0. The second-order valence-corrected chi connectivity index (χ2v) is 3.30. The third-order valence-corrected chi connectivity index (χ3v) is 1.92. The zero-order valence-electron chi connectivity index (χ0n) is 8.24. The van der Waals surface area contributed by atoms with E-state index in [0.29, 0.717) is 0 Å². The lowest BCUT2D eigenvalue weighted by Crippen LogP contribution is -2.39. The molecule has 0 aliphatic rings. The van der Waals surface area contributed by atoms with Gasteiger partial charge in [0.25, 0.3) is 0 Å². The summed E-state index contributed by atoms with van der Waals surface area (Å²) in [5.74, 6) is -0.767. The van der Waals surface area contributed by atoms with Crippen molar-refractivity contribution >= 4 is 5.97 Å². The van der Waals surface area contributed by atoms with E-state index < -0.39 is 12.0 Å². The number of carboxylic acids is 1. The van der Waals surface area contributed by atoms with Gasteiger partial charge in [-0.2, -0.15) is 0 Å². The van der Waals surface area contributed by atoms with Gasteiger partial charge in [-0.25, -0.2) is 0 Å². The Morgan fingerprint density at radius 3 is 2.17 bits per heavy atom. The van der Waals surface area contributed by atoms with Crippen molar-refractivity contribution in [3.63, 3.8) is 0 Å². The monoisotopic (exact) mass is 174 g/mol. The van der Waals surface area contributed by atoms with Gasteiger partial charge >= 0.3 is 5.97 Å². The minimum atomic E-state index is -0.767. The van der Waals surface area contributed by atoms with E-state index in [1.165, 1.54) is 0 Å². The Balaban J connectivity index is 3.71. The number of aliphatic carboxylic acids is 1. The van der Waals surface area contributed by atoms with Crippen LogP contribution in [0.25, 0.3) is 0 Å². The van der Waals surface area contributed by atoms with Crippen molar-refractivity contribution in [1.29, 1.82) is 0 Å². The average molecular weight is 174 g/mol. The van der Waals surface area contributed by atoms with Crippen LogP contribution in [-0.4, -0.2) is 61.2 Å². The van der Waals surface area contributed by atoms with Gasteiger partial charge in [-0.1, -0.05) is 0 Å². The molecular weight excluding hydrogens is 156 g/mol. The molecule has 1 N–H and O–H groups in total. The van der Waals surface area contributed by atoms with Crippen molar-refractivity contribution in [2.45, 2.75) is 13.0 Å². The smallest absolute Gasteiger partial charge is 0.320 e. The number of hydrogen-bond donors (Lipinski definition) is 1. The Morgan fingerprint density at radius 2 is 1.83 bits per heavy atom. The zero-order chi connectivity index (χ0) is 9.72. The number of carbonyl (C=O) groups is 1. The molecule has 0 saturated heterocycles. The molecule has 12 heavy (non-hydrogen) atoms. The molecule has 0 heterocycles. The van der Waals surface area contributed by atoms with Gasteiger partial charge in [-0.3, -0.25) is 9.69 Å². The van der Waals surface area contributed by atoms with E-state index in [1.54, 1.807) is 6.92 Å². The summed E-state index contributed by atoms with van der Waals surface area (Å²) in [6, 6.07) is -0.398. The number of rotatable bonds is 5. The topological polar surface area (TPSA) is 43.8 Å². The highest BCUT2D eigenvalue weighted by Crippen LogP contribution is 1.94. The van der Waals surface area contributed by atoms with E-state index in [-0.39, 0.29) is 0 Å². The molecule has 0 amide bonds. The maximum absolute atomic E-state index is 10.5. The highest BCUT2D eigenvalue weighted by Gasteiger charge is 2.15. The van der Waals surface area contributed by atoms with Crippen molar-refractivity contribution in [3.05, 3.63) is 0 Å². The van der Waals surface area contributed by atoms with Crippen LogP contribution in [-0.2, 0) is 4.79 Å². The molecule has 1 unspecified atom stereocenters. The van der Waals surface area contributed by atoms with Crippen LogP contribution in [0.2, 0.25) is 0 Å². The molecule has 72 valence electrons. The molecule has 0 bridgehead atoms. The first-order valence-electron chi connectivity index (χ1n) is 4.03. The molecule has 0 aromatic rings. The Hall–Kier alpha value is -0.610. The zero-order valence-corrected chi connectivity index (χ0v) is 8.24. The van der Waals surface area contributed by atoms with Gasteiger partial charge in [-0.15, -0.1) is 0 Å². The first kappa shape index (κ1) is 11.4. The van der Waals surface area contributed by atoms with Gasteiger partial charge in [0.05, 0.1) is 0 Å². The lowest BCUT2D eigenvalue weighted by atomic mass is 10.3. The maximum atomic E-state index is 10.5. The molecule has 0 aromatic carbocycles. The lowest BCUT2D eigenvalue weighted by Gasteiger charge is -2.22. The summed E-state index contributed by atoms with van der Waals surface area (Å²) >= 11 is 0. The van der Waals surface area contributed by atoms with Crippen molar-refractivity contribution in [1.82, 2.24) is 9.80 Å². The van der Waals surface area contributed by atoms with E-state index in [2.05, 4.69) is 0 Å².